The highest BCUT2D eigenvalue weighted by molar-refractivity contribution is 6.36. The fourth-order valence-corrected chi connectivity index (χ4v) is 5.14. The average molecular weight is 450 g/mol. The Morgan fingerprint density at radius 1 is 1.03 bits per heavy atom. The monoisotopic (exact) mass is 449 g/mol. The van der Waals surface area contributed by atoms with Crippen molar-refractivity contribution in [2.75, 3.05) is 18.4 Å². The molecule has 33 heavy (non-hydrogen) atoms. The zero-order valence-electron chi connectivity index (χ0n) is 18.1. The zero-order chi connectivity index (χ0) is 22.4. The van der Waals surface area contributed by atoms with Crippen LogP contribution in [0.1, 0.15) is 54.3 Å². The molecule has 3 aromatic rings. The third-order valence-electron chi connectivity index (χ3n) is 6.57. The number of H-pyrrole nitrogens is 1. The molecule has 2 aromatic carbocycles. The number of rotatable bonds is 3. The molecule has 3 N–H and O–H groups in total. The van der Waals surface area contributed by atoms with Gasteiger partial charge in [0.25, 0.3) is 5.91 Å². The van der Waals surface area contributed by atoms with Crippen molar-refractivity contribution in [2.24, 2.45) is 0 Å². The molecule has 0 atom stereocenters. The van der Waals surface area contributed by atoms with E-state index >= 15 is 0 Å². The first-order valence-corrected chi connectivity index (χ1v) is 10.9. The SMILES string of the molecule is C.Cc1[nH]c(/C=C2\C(=O)Nc3cccc(-c4cc(F)cc(F)c4)c32)c(C)c1C1CCNCC1. The molecule has 5 rings (SSSR count). The maximum atomic E-state index is 13.9. The number of carbonyl (C=O) groups excluding carboxylic acids is 1. The number of hydrogen-bond acceptors (Lipinski definition) is 2. The lowest BCUT2D eigenvalue weighted by atomic mass is 9.87. The highest BCUT2D eigenvalue weighted by atomic mass is 19.1. The van der Waals surface area contributed by atoms with Crippen molar-refractivity contribution >= 4 is 23.2 Å². The van der Waals surface area contributed by atoms with Crippen molar-refractivity contribution in [3.05, 3.63) is 76.1 Å². The largest absolute Gasteiger partial charge is 0.359 e. The number of aromatic nitrogens is 1. The summed E-state index contributed by atoms with van der Waals surface area (Å²) in [5.74, 6) is -1.03. The van der Waals surface area contributed by atoms with Crippen molar-refractivity contribution in [1.82, 2.24) is 10.3 Å². The highest BCUT2D eigenvalue weighted by Crippen LogP contribution is 2.41. The summed E-state index contributed by atoms with van der Waals surface area (Å²) >= 11 is 0. The molecule has 172 valence electrons. The molecule has 4 nitrogen and oxygen atoms in total. The topological polar surface area (TPSA) is 56.9 Å². The van der Waals surface area contributed by atoms with Crippen LogP contribution >= 0.6 is 0 Å². The first kappa shape index (κ1) is 22.9. The van der Waals surface area contributed by atoms with Gasteiger partial charge < -0.3 is 15.6 Å². The van der Waals surface area contributed by atoms with Gasteiger partial charge in [-0.1, -0.05) is 19.6 Å². The summed E-state index contributed by atoms with van der Waals surface area (Å²) in [7, 11) is 0. The van der Waals surface area contributed by atoms with Gasteiger partial charge in [-0.25, -0.2) is 8.78 Å². The van der Waals surface area contributed by atoms with Crippen LogP contribution in [-0.4, -0.2) is 24.0 Å². The predicted octanol–water partition coefficient (Wildman–Crippen LogP) is 6.17. The third kappa shape index (κ3) is 4.11. The molecule has 1 amide bonds. The Morgan fingerprint density at radius 3 is 2.42 bits per heavy atom. The second kappa shape index (κ2) is 8.94. The Hall–Kier alpha value is -3.25. The molecule has 0 aliphatic carbocycles. The van der Waals surface area contributed by atoms with Gasteiger partial charge in [0.15, 0.2) is 0 Å². The predicted molar refractivity (Wildman–Crippen MR) is 130 cm³/mol. The standard InChI is InChI=1S/C26H25F2N3O.CH4/c1-14-23(30-15(2)24(14)16-6-8-29-9-7-16)13-21-25-20(4-3-5-22(25)31-26(21)32)17-10-18(27)12-19(28)11-17;/h3-5,10-13,16,29-30H,6-9H2,1-2H3,(H,31,32);1H4/b21-13-;. The van der Waals surface area contributed by atoms with Gasteiger partial charge in [0, 0.05) is 28.7 Å². The van der Waals surface area contributed by atoms with E-state index in [9.17, 15) is 13.6 Å². The number of aryl methyl sites for hydroxylation is 1. The lowest BCUT2D eigenvalue weighted by Gasteiger charge is -2.23. The second-order valence-corrected chi connectivity index (χ2v) is 8.63. The Balaban J connectivity index is 0.00000259. The summed E-state index contributed by atoms with van der Waals surface area (Å²) in [6.07, 6.45) is 4.05. The van der Waals surface area contributed by atoms with Crippen LogP contribution in [0.2, 0.25) is 0 Å². The first-order valence-electron chi connectivity index (χ1n) is 10.9. The van der Waals surface area contributed by atoms with Gasteiger partial charge in [0.05, 0.1) is 5.57 Å². The molecular weight excluding hydrogens is 420 g/mol. The summed E-state index contributed by atoms with van der Waals surface area (Å²) < 4.78 is 27.8. The molecule has 0 saturated carbocycles. The Morgan fingerprint density at radius 2 is 1.73 bits per heavy atom. The normalized spacial score (nSPS) is 17.1. The van der Waals surface area contributed by atoms with E-state index < -0.39 is 11.6 Å². The number of hydrogen-bond donors (Lipinski definition) is 3. The van der Waals surface area contributed by atoms with E-state index in [0.29, 0.717) is 33.9 Å². The number of anilines is 1. The minimum Gasteiger partial charge on any atom is -0.359 e. The van der Waals surface area contributed by atoms with Crippen LogP contribution in [0.4, 0.5) is 14.5 Å². The molecule has 0 radical (unpaired) electrons. The van der Waals surface area contributed by atoms with Crippen LogP contribution in [0.3, 0.4) is 0 Å². The minimum atomic E-state index is -0.650. The fourth-order valence-electron chi connectivity index (χ4n) is 5.14. The van der Waals surface area contributed by atoms with E-state index in [1.54, 1.807) is 18.2 Å². The number of carbonyl (C=O) groups is 1. The number of piperidine rings is 1. The summed E-state index contributed by atoms with van der Waals surface area (Å²) in [5, 5.41) is 6.30. The summed E-state index contributed by atoms with van der Waals surface area (Å²) in [4.78, 5) is 16.4. The smallest absolute Gasteiger partial charge is 0.256 e. The third-order valence-corrected chi connectivity index (χ3v) is 6.57. The number of halogens is 2. The molecule has 2 aliphatic heterocycles. The van der Waals surface area contributed by atoms with Crippen LogP contribution in [0.5, 0.6) is 0 Å². The molecular formula is C27H29F2N3O. The van der Waals surface area contributed by atoms with Crippen molar-refractivity contribution in [2.45, 2.75) is 40.0 Å². The van der Waals surface area contributed by atoms with Gasteiger partial charge in [-0.3, -0.25) is 4.79 Å². The maximum Gasteiger partial charge on any atom is 0.256 e. The number of amides is 1. The zero-order valence-corrected chi connectivity index (χ0v) is 18.1. The molecule has 1 saturated heterocycles. The van der Waals surface area contributed by atoms with Crippen LogP contribution < -0.4 is 10.6 Å². The van der Waals surface area contributed by atoms with E-state index in [-0.39, 0.29) is 13.3 Å². The molecule has 1 fully saturated rings. The second-order valence-electron chi connectivity index (χ2n) is 8.63. The molecule has 1 aromatic heterocycles. The van der Waals surface area contributed by atoms with Crippen molar-refractivity contribution in [1.29, 1.82) is 0 Å². The molecule has 3 heterocycles. The van der Waals surface area contributed by atoms with Gasteiger partial charge in [0.1, 0.15) is 11.6 Å². The van der Waals surface area contributed by atoms with Crippen LogP contribution in [0.25, 0.3) is 22.8 Å². The van der Waals surface area contributed by atoms with Gasteiger partial charge in [-0.2, -0.15) is 0 Å². The Labute approximate surface area is 193 Å². The number of nitrogens with one attached hydrogen (secondary N) is 3. The molecule has 0 bridgehead atoms. The summed E-state index contributed by atoms with van der Waals surface area (Å²) in [5.41, 5.74) is 7.31. The number of benzene rings is 2. The van der Waals surface area contributed by atoms with Crippen molar-refractivity contribution in [3.63, 3.8) is 0 Å². The first-order chi connectivity index (χ1) is 15.4. The summed E-state index contributed by atoms with van der Waals surface area (Å²) in [6, 6.07) is 8.80. The van der Waals surface area contributed by atoms with Crippen LogP contribution in [-0.2, 0) is 4.79 Å². The molecule has 2 aliphatic rings. The lowest BCUT2D eigenvalue weighted by molar-refractivity contribution is -0.110. The van der Waals surface area contributed by atoms with Gasteiger partial charge >= 0.3 is 0 Å². The summed E-state index contributed by atoms with van der Waals surface area (Å²) in [6.45, 7) is 6.19. The molecule has 0 unspecified atom stereocenters. The Bertz CT molecular complexity index is 1230. The van der Waals surface area contributed by atoms with E-state index in [1.807, 2.05) is 6.08 Å². The number of aromatic amines is 1. The van der Waals surface area contributed by atoms with E-state index in [2.05, 4.69) is 29.5 Å². The quantitative estimate of drug-likeness (QED) is 0.419. The van der Waals surface area contributed by atoms with Gasteiger partial charge in [-0.15, -0.1) is 0 Å². The molecule has 6 heteroatoms. The van der Waals surface area contributed by atoms with E-state index in [0.717, 1.165) is 48.9 Å². The van der Waals surface area contributed by atoms with Crippen LogP contribution in [0.15, 0.2) is 36.4 Å². The number of fused-ring (bicyclic) bond motifs is 1. The van der Waals surface area contributed by atoms with Gasteiger partial charge in [-0.05, 0) is 92.2 Å². The maximum absolute atomic E-state index is 13.9. The minimum absolute atomic E-state index is 0. The van der Waals surface area contributed by atoms with Gasteiger partial charge in [0.2, 0.25) is 0 Å². The Kier molecular flexibility index (Phi) is 6.21. The highest BCUT2D eigenvalue weighted by Gasteiger charge is 2.29. The van der Waals surface area contributed by atoms with E-state index in [4.69, 9.17) is 0 Å². The van der Waals surface area contributed by atoms with Crippen LogP contribution in [0, 0.1) is 25.5 Å². The van der Waals surface area contributed by atoms with E-state index in [1.165, 1.54) is 17.7 Å². The average Bonchev–Trinajstić information content (AvgIpc) is 3.23. The fraction of sp³-hybridized carbons (Fsp3) is 0.296. The molecule has 0 spiro atoms. The van der Waals surface area contributed by atoms with Crippen molar-refractivity contribution < 1.29 is 13.6 Å². The lowest BCUT2D eigenvalue weighted by Crippen LogP contribution is -2.27. The van der Waals surface area contributed by atoms with Crippen molar-refractivity contribution in [3.8, 4) is 11.1 Å².